The maximum Gasteiger partial charge on any atom is 0.142 e. The van der Waals surface area contributed by atoms with E-state index in [2.05, 4.69) is 11.6 Å². The van der Waals surface area contributed by atoms with Crippen LogP contribution in [0, 0.1) is 6.92 Å². The maximum absolute atomic E-state index is 5.56. The number of nitrogens with two attached hydrogens (primary N) is 1. The van der Waals surface area contributed by atoms with Crippen molar-refractivity contribution in [2.24, 2.45) is 5.73 Å². The first kappa shape index (κ1) is 10.7. The Morgan fingerprint density at radius 3 is 2.86 bits per heavy atom. The van der Waals surface area contributed by atoms with Crippen LogP contribution in [0.2, 0.25) is 0 Å². The van der Waals surface area contributed by atoms with Gasteiger partial charge in [-0.25, -0.2) is 0 Å². The Labute approximate surface area is 84.6 Å². The molecule has 0 atom stereocenters. The van der Waals surface area contributed by atoms with Crippen LogP contribution in [0.3, 0.4) is 0 Å². The molecule has 0 radical (unpaired) electrons. The molecule has 0 aliphatic carbocycles. The lowest BCUT2D eigenvalue weighted by molar-refractivity contribution is 0.346. The Morgan fingerprint density at radius 1 is 1.57 bits per heavy atom. The molecule has 2 N–H and O–H groups in total. The lowest BCUT2D eigenvalue weighted by Crippen LogP contribution is -2.06. The van der Waals surface area contributed by atoms with Crippen molar-refractivity contribution >= 4 is 0 Å². The lowest BCUT2D eigenvalue weighted by atomic mass is 10.3. The van der Waals surface area contributed by atoms with Gasteiger partial charge < -0.3 is 10.5 Å². The molecule has 0 aromatic carbocycles. The van der Waals surface area contributed by atoms with Gasteiger partial charge in [-0.2, -0.15) is 0 Å². The van der Waals surface area contributed by atoms with Crippen LogP contribution in [-0.4, -0.2) is 11.6 Å². The maximum atomic E-state index is 5.56. The van der Waals surface area contributed by atoms with Crippen molar-refractivity contribution in [3.63, 3.8) is 0 Å². The molecule has 14 heavy (non-hydrogen) atoms. The van der Waals surface area contributed by atoms with Crippen LogP contribution >= 0.6 is 0 Å². The second kappa shape index (κ2) is 4.77. The van der Waals surface area contributed by atoms with Crippen LogP contribution in [-0.2, 0) is 6.54 Å². The van der Waals surface area contributed by atoms with E-state index < -0.39 is 0 Å². The van der Waals surface area contributed by atoms with Crippen LogP contribution < -0.4 is 10.5 Å². The van der Waals surface area contributed by atoms with Gasteiger partial charge in [0.15, 0.2) is 0 Å². The van der Waals surface area contributed by atoms with E-state index in [9.17, 15) is 0 Å². The SMILES string of the molecule is C=C(C)COc1ccc(C)nc1CN. The Hall–Kier alpha value is -1.35. The summed E-state index contributed by atoms with van der Waals surface area (Å²) in [6.07, 6.45) is 0. The summed E-state index contributed by atoms with van der Waals surface area (Å²) in [6, 6.07) is 3.81. The zero-order valence-electron chi connectivity index (χ0n) is 8.71. The van der Waals surface area contributed by atoms with Crippen LogP contribution in [0.5, 0.6) is 5.75 Å². The summed E-state index contributed by atoms with van der Waals surface area (Å²) in [6.45, 7) is 8.53. The van der Waals surface area contributed by atoms with Crippen molar-refractivity contribution in [1.82, 2.24) is 4.98 Å². The average molecular weight is 192 g/mol. The van der Waals surface area contributed by atoms with E-state index in [1.54, 1.807) is 0 Å². The largest absolute Gasteiger partial charge is 0.487 e. The van der Waals surface area contributed by atoms with Gasteiger partial charge in [0.2, 0.25) is 0 Å². The van der Waals surface area contributed by atoms with Gasteiger partial charge in [-0.15, -0.1) is 0 Å². The number of nitrogens with zero attached hydrogens (tertiary/aromatic N) is 1. The molecule has 76 valence electrons. The van der Waals surface area contributed by atoms with Crippen molar-refractivity contribution < 1.29 is 4.74 Å². The molecular formula is C11H16N2O. The highest BCUT2D eigenvalue weighted by Crippen LogP contribution is 2.16. The summed E-state index contributed by atoms with van der Waals surface area (Å²) in [5.74, 6) is 0.751. The first-order valence-corrected chi connectivity index (χ1v) is 4.57. The van der Waals surface area contributed by atoms with Crippen LogP contribution in [0.25, 0.3) is 0 Å². The van der Waals surface area contributed by atoms with Gasteiger partial charge in [-0.1, -0.05) is 6.58 Å². The Balaban J connectivity index is 2.80. The predicted molar refractivity (Wildman–Crippen MR) is 57.2 cm³/mol. The second-order valence-corrected chi connectivity index (χ2v) is 3.35. The van der Waals surface area contributed by atoms with E-state index in [-0.39, 0.29) is 0 Å². The van der Waals surface area contributed by atoms with E-state index >= 15 is 0 Å². The quantitative estimate of drug-likeness (QED) is 0.740. The molecule has 0 unspecified atom stereocenters. The van der Waals surface area contributed by atoms with E-state index in [0.29, 0.717) is 13.2 Å². The number of hydrogen-bond acceptors (Lipinski definition) is 3. The third kappa shape index (κ3) is 2.85. The molecule has 0 spiro atoms. The zero-order valence-corrected chi connectivity index (χ0v) is 8.71. The number of pyridine rings is 1. The molecule has 1 aromatic heterocycles. The Bertz CT molecular complexity index is 334. The van der Waals surface area contributed by atoms with E-state index in [1.165, 1.54) is 0 Å². The summed E-state index contributed by atoms with van der Waals surface area (Å²) in [5, 5.41) is 0. The number of aromatic nitrogens is 1. The van der Waals surface area contributed by atoms with E-state index in [1.807, 2.05) is 26.0 Å². The average Bonchev–Trinajstić information content (AvgIpc) is 2.15. The molecule has 0 amide bonds. The van der Waals surface area contributed by atoms with Gasteiger partial charge in [0.1, 0.15) is 12.4 Å². The fraction of sp³-hybridized carbons (Fsp3) is 0.364. The highest BCUT2D eigenvalue weighted by Gasteiger charge is 2.03. The minimum atomic E-state index is 0.396. The molecule has 0 aliphatic heterocycles. The van der Waals surface area contributed by atoms with Crippen molar-refractivity contribution in [3.05, 3.63) is 35.7 Å². The topological polar surface area (TPSA) is 48.1 Å². The minimum Gasteiger partial charge on any atom is -0.487 e. The van der Waals surface area contributed by atoms with E-state index in [4.69, 9.17) is 10.5 Å². The van der Waals surface area contributed by atoms with Crippen LogP contribution in [0.15, 0.2) is 24.3 Å². The molecule has 1 heterocycles. The molecule has 0 bridgehead atoms. The molecule has 3 nitrogen and oxygen atoms in total. The molecule has 0 saturated carbocycles. The normalized spacial score (nSPS) is 9.93. The third-order valence-electron chi connectivity index (χ3n) is 1.74. The zero-order chi connectivity index (χ0) is 10.6. The molecular weight excluding hydrogens is 176 g/mol. The van der Waals surface area contributed by atoms with Crippen molar-refractivity contribution in [2.45, 2.75) is 20.4 Å². The Kier molecular flexibility index (Phi) is 3.65. The monoisotopic (exact) mass is 192 g/mol. The molecule has 0 saturated heterocycles. The van der Waals surface area contributed by atoms with Crippen molar-refractivity contribution in [1.29, 1.82) is 0 Å². The predicted octanol–water partition coefficient (Wildman–Crippen LogP) is 1.80. The first-order valence-electron chi connectivity index (χ1n) is 4.57. The summed E-state index contributed by atoms with van der Waals surface area (Å²) in [5.41, 5.74) is 8.29. The van der Waals surface area contributed by atoms with Crippen molar-refractivity contribution in [2.75, 3.05) is 6.61 Å². The van der Waals surface area contributed by atoms with Crippen LogP contribution in [0.1, 0.15) is 18.3 Å². The fourth-order valence-corrected chi connectivity index (χ4v) is 1.08. The molecule has 0 fully saturated rings. The van der Waals surface area contributed by atoms with E-state index in [0.717, 1.165) is 22.7 Å². The number of hydrogen-bond donors (Lipinski definition) is 1. The summed E-state index contributed by atoms with van der Waals surface area (Å²) >= 11 is 0. The number of ether oxygens (including phenoxy) is 1. The standard InChI is InChI=1S/C11H16N2O/c1-8(2)7-14-11-5-4-9(3)13-10(11)6-12/h4-5H,1,6-7,12H2,2-3H3. The number of rotatable bonds is 4. The summed E-state index contributed by atoms with van der Waals surface area (Å²) < 4.78 is 5.50. The van der Waals surface area contributed by atoms with Gasteiger partial charge in [0.25, 0.3) is 0 Å². The third-order valence-corrected chi connectivity index (χ3v) is 1.74. The molecule has 3 heteroatoms. The summed E-state index contributed by atoms with van der Waals surface area (Å²) in [4.78, 5) is 4.29. The van der Waals surface area contributed by atoms with Gasteiger partial charge in [-0.05, 0) is 31.6 Å². The van der Waals surface area contributed by atoms with Gasteiger partial charge in [0.05, 0.1) is 5.69 Å². The van der Waals surface area contributed by atoms with Crippen molar-refractivity contribution in [3.8, 4) is 5.75 Å². The van der Waals surface area contributed by atoms with Gasteiger partial charge in [0, 0.05) is 12.2 Å². The lowest BCUT2D eigenvalue weighted by Gasteiger charge is -2.09. The smallest absolute Gasteiger partial charge is 0.142 e. The Morgan fingerprint density at radius 2 is 2.29 bits per heavy atom. The molecule has 0 aliphatic rings. The van der Waals surface area contributed by atoms with Crippen LogP contribution in [0.4, 0.5) is 0 Å². The minimum absolute atomic E-state index is 0.396. The highest BCUT2D eigenvalue weighted by molar-refractivity contribution is 5.29. The molecule has 1 aromatic rings. The molecule has 1 rings (SSSR count). The van der Waals surface area contributed by atoms with Gasteiger partial charge in [-0.3, -0.25) is 4.98 Å². The highest BCUT2D eigenvalue weighted by atomic mass is 16.5. The van der Waals surface area contributed by atoms with Gasteiger partial charge >= 0.3 is 0 Å². The second-order valence-electron chi connectivity index (χ2n) is 3.35. The number of aryl methyl sites for hydroxylation is 1. The first-order chi connectivity index (χ1) is 6.63. The fourth-order valence-electron chi connectivity index (χ4n) is 1.08. The summed E-state index contributed by atoms with van der Waals surface area (Å²) in [7, 11) is 0.